The van der Waals surface area contributed by atoms with E-state index >= 15 is 0 Å². The smallest absolute Gasteiger partial charge is 0.140 e. The molecule has 0 atom stereocenters. The number of nitrogens with zero attached hydrogens (tertiary/aromatic N) is 2. The summed E-state index contributed by atoms with van der Waals surface area (Å²) in [7, 11) is 0. The number of pyridine rings is 1. The Bertz CT molecular complexity index is 461. The van der Waals surface area contributed by atoms with Crippen molar-refractivity contribution >= 4 is 5.65 Å². The van der Waals surface area contributed by atoms with E-state index in [9.17, 15) is 0 Å². The quantitative estimate of drug-likeness (QED) is 0.621. The topological polar surface area (TPSA) is 17.3 Å². The first-order valence-corrected chi connectivity index (χ1v) is 4.93. The summed E-state index contributed by atoms with van der Waals surface area (Å²) in [5, 5.41) is 0. The van der Waals surface area contributed by atoms with Gasteiger partial charge < -0.3 is 4.40 Å². The summed E-state index contributed by atoms with van der Waals surface area (Å²) in [6.07, 6.45) is 5.90. The highest BCUT2D eigenvalue weighted by atomic mass is 15.0. The average molecular weight is 188 g/mol. The van der Waals surface area contributed by atoms with Crippen LogP contribution in [0, 0.1) is 6.92 Å². The molecule has 0 saturated carbocycles. The fraction of sp³-hybridized carbons (Fsp3) is 0.417. The average Bonchev–Trinajstić information content (AvgIpc) is 2.48. The first-order valence-electron chi connectivity index (χ1n) is 4.93. The second-order valence-electron chi connectivity index (χ2n) is 4.78. The molecule has 0 amide bonds. The van der Waals surface area contributed by atoms with Gasteiger partial charge in [0.2, 0.25) is 0 Å². The Hall–Kier alpha value is -1.31. The number of imidazole rings is 1. The first kappa shape index (κ1) is 9.25. The van der Waals surface area contributed by atoms with Crippen LogP contribution in [0.2, 0.25) is 0 Å². The summed E-state index contributed by atoms with van der Waals surface area (Å²) in [6, 6.07) is 2.15. The van der Waals surface area contributed by atoms with Crippen molar-refractivity contribution in [3.63, 3.8) is 0 Å². The van der Waals surface area contributed by atoms with E-state index < -0.39 is 0 Å². The van der Waals surface area contributed by atoms with Gasteiger partial charge in [-0.15, -0.1) is 0 Å². The second-order valence-corrected chi connectivity index (χ2v) is 4.78. The molecule has 74 valence electrons. The zero-order valence-electron chi connectivity index (χ0n) is 9.20. The normalized spacial score (nSPS) is 12.3. The lowest BCUT2D eigenvalue weighted by atomic mass is 9.85. The van der Waals surface area contributed by atoms with Gasteiger partial charge in [-0.1, -0.05) is 20.8 Å². The Kier molecular flexibility index (Phi) is 1.88. The summed E-state index contributed by atoms with van der Waals surface area (Å²) < 4.78 is 2.08. The first-order chi connectivity index (χ1) is 6.50. The van der Waals surface area contributed by atoms with Crippen molar-refractivity contribution in [2.45, 2.75) is 33.1 Å². The Morgan fingerprint density at radius 2 is 1.93 bits per heavy atom. The molecule has 2 aromatic rings. The molecule has 0 unspecified atom stereocenters. The number of hydrogen-bond donors (Lipinski definition) is 0. The molecule has 0 bridgehead atoms. The molecule has 14 heavy (non-hydrogen) atoms. The molecule has 0 aliphatic heterocycles. The molecule has 2 heteroatoms. The molecule has 0 spiro atoms. The fourth-order valence-electron chi connectivity index (χ4n) is 2.01. The van der Waals surface area contributed by atoms with Crippen LogP contribution in [0.4, 0.5) is 0 Å². The summed E-state index contributed by atoms with van der Waals surface area (Å²) >= 11 is 0. The van der Waals surface area contributed by atoms with Gasteiger partial charge in [-0.2, -0.15) is 0 Å². The molecular weight excluding hydrogens is 172 g/mol. The third-order valence-electron chi connectivity index (χ3n) is 2.52. The van der Waals surface area contributed by atoms with Crippen molar-refractivity contribution < 1.29 is 0 Å². The van der Waals surface area contributed by atoms with Crippen LogP contribution in [0.3, 0.4) is 0 Å². The van der Waals surface area contributed by atoms with Crippen molar-refractivity contribution in [1.82, 2.24) is 9.38 Å². The van der Waals surface area contributed by atoms with E-state index in [0.29, 0.717) is 0 Å². The Labute approximate surface area is 84.6 Å². The summed E-state index contributed by atoms with van der Waals surface area (Å²) in [4.78, 5) is 4.41. The third kappa shape index (κ3) is 1.31. The number of aromatic nitrogens is 2. The van der Waals surface area contributed by atoms with Gasteiger partial charge in [-0.25, -0.2) is 4.98 Å². The molecule has 2 heterocycles. The van der Waals surface area contributed by atoms with E-state index in [1.54, 1.807) is 0 Å². The molecule has 0 saturated heterocycles. The van der Waals surface area contributed by atoms with Gasteiger partial charge >= 0.3 is 0 Å². The van der Waals surface area contributed by atoms with E-state index in [1.165, 1.54) is 11.1 Å². The molecule has 0 aliphatic carbocycles. The van der Waals surface area contributed by atoms with Gasteiger partial charge in [0.25, 0.3) is 0 Å². The van der Waals surface area contributed by atoms with Crippen LogP contribution in [-0.4, -0.2) is 9.38 Å². The van der Waals surface area contributed by atoms with Crippen LogP contribution in [0.25, 0.3) is 5.65 Å². The van der Waals surface area contributed by atoms with Crippen LogP contribution in [-0.2, 0) is 5.41 Å². The largest absolute Gasteiger partial charge is 0.307 e. The van der Waals surface area contributed by atoms with E-state index in [-0.39, 0.29) is 5.41 Å². The predicted octanol–water partition coefficient (Wildman–Crippen LogP) is 2.94. The summed E-state index contributed by atoms with van der Waals surface area (Å²) in [5.74, 6) is 0. The lowest BCUT2D eigenvalue weighted by Gasteiger charge is -2.22. The van der Waals surface area contributed by atoms with Crippen LogP contribution < -0.4 is 0 Å². The Balaban J connectivity index is 2.83. The summed E-state index contributed by atoms with van der Waals surface area (Å²) in [6.45, 7) is 8.83. The molecule has 0 fully saturated rings. The monoisotopic (exact) mass is 188 g/mol. The lowest BCUT2D eigenvalue weighted by molar-refractivity contribution is 0.587. The van der Waals surface area contributed by atoms with E-state index in [1.807, 2.05) is 12.4 Å². The number of fused-ring (bicyclic) bond motifs is 1. The van der Waals surface area contributed by atoms with Crippen LogP contribution in [0.1, 0.15) is 31.9 Å². The molecule has 2 nitrogen and oxygen atoms in total. The standard InChI is InChI=1S/C12H16N2/c1-9-5-7-14-8-6-13-11(14)10(9)12(2,3)4/h5-8H,1-4H3. The van der Waals surface area contributed by atoms with Gasteiger partial charge in [0, 0.05) is 24.2 Å². The molecule has 2 aromatic heterocycles. The SMILES string of the molecule is Cc1ccn2ccnc2c1C(C)(C)C. The highest BCUT2D eigenvalue weighted by molar-refractivity contribution is 5.54. The number of hydrogen-bond acceptors (Lipinski definition) is 1. The molecule has 0 radical (unpaired) electrons. The maximum absolute atomic E-state index is 4.41. The maximum atomic E-state index is 4.41. The van der Waals surface area contributed by atoms with Crippen LogP contribution in [0.15, 0.2) is 24.7 Å². The highest BCUT2D eigenvalue weighted by Crippen LogP contribution is 2.28. The molecule has 0 N–H and O–H groups in total. The van der Waals surface area contributed by atoms with Crippen molar-refractivity contribution in [2.24, 2.45) is 0 Å². The maximum Gasteiger partial charge on any atom is 0.140 e. The zero-order valence-corrected chi connectivity index (χ0v) is 9.20. The van der Waals surface area contributed by atoms with Crippen LogP contribution in [0.5, 0.6) is 0 Å². The minimum Gasteiger partial charge on any atom is -0.307 e. The predicted molar refractivity (Wildman–Crippen MR) is 58.6 cm³/mol. The van der Waals surface area contributed by atoms with Crippen molar-refractivity contribution in [3.8, 4) is 0 Å². The molecule has 2 rings (SSSR count). The molecular formula is C12H16N2. The van der Waals surface area contributed by atoms with Crippen molar-refractivity contribution in [3.05, 3.63) is 35.8 Å². The highest BCUT2D eigenvalue weighted by Gasteiger charge is 2.20. The van der Waals surface area contributed by atoms with Crippen molar-refractivity contribution in [2.75, 3.05) is 0 Å². The number of rotatable bonds is 0. The second kappa shape index (κ2) is 2.84. The van der Waals surface area contributed by atoms with Gasteiger partial charge in [-0.05, 0) is 24.0 Å². The lowest BCUT2D eigenvalue weighted by Crippen LogP contribution is -2.15. The third-order valence-corrected chi connectivity index (χ3v) is 2.52. The van der Waals surface area contributed by atoms with E-state index in [2.05, 4.69) is 49.3 Å². The number of aryl methyl sites for hydroxylation is 1. The van der Waals surface area contributed by atoms with Gasteiger partial charge in [-0.3, -0.25) is 0 Å². The minimum atomic E-state index is 0.151. The molecule has 0 aliphatic rings. The molecule has 0 aromatic carbocycles. The Morgan fingerprint density at radius 1 is 1.21 bits per heavy atom. The van der Waals surface area contributed by atoms with Crippen molar-refractivity contribution in [1.29, 1.82) is 0 Å². The van der Waals surface area contributed by atoms with Gasteiger partial charge in [0.05, 0.1) is 0 Å². The zero-order chi connectivity index (χ0) is 10.3. The van der Waals surface area contributed by atoms with E-state index in [0.717, 1.165) is 5.65 Å². The Morgan fingerprint density at radius 3 is 2.57 bits per heavy atom. The van der Waals surface area contributed by atoms with Gasteiger partial charge in [0.15, 0.2) is 0 Å². The van der Waals surface area contributed by atoms with Gasteiger partial charge in [0.1, 0.15) is 5.65 Å². The summed E-state index contributed by atoms with van der Waals surface area (Å²) in [5.41, 5.74) is 3.89. The fourth-order valence-corrected chi connectivity index (χ4v) is 2.01. The minimum absolute atomic E-state index is 0.151. The van der Waals surface area contributed by atoms with E-state index in [4.69, 9.17) is 0 Å². The van der Waals surface area contributed by atoms with Crippen LogP contribution >= 0.6 is 0 Å².